The van der Waals surface area contributed by atoms with E-state index < -0.39 is 30.8 Å². The Kier molecular flexibility index (Phi) is 6.48. The largest absolute Gasteiger partial charge is 0.401 e. The molecule has 0 spiro atoms. The minimum atomic E-state index is -4.33. The quantitative estimate of drug-likeness (QED) is 0.631. The summed E-state index contributed by atoms with van der Waals surface area (Å²) < 4.78 is 35.2. The van der Waals surface area contributed by atoms with Gasteiger partial charge in [0.25, 0.3) is 0 Å². The van der Waals surface area contributed by atoms with Gasteiger partial charge in [-0.3, -0.25) is 4.79 Å². The molecule has 0 aliphatic rings. The highest BCUT2D eigenvalue weighted by molar-refractivity contribution is 5.78. The number of halogens is 3. The molecular formula is C10H19F3N2O2. The van der Waals surface area contributed by atoms with E-state index in [0.29, 0.717) is 6.42 Å². The average molecular weight is 256 g/mol. The van der Waals surface area contributed by atoms with Crippen LogP contribution in [0.3, 0.4) is 0 Å². The zero-order valence-electron chi connectivity index (χ0n) is 10.0. The molecule has 0 radical (unpaired) electrons. The molecule has 0 aliphatic heterocycles. The Morgan fingerprint density at radius 3 is 2.35 bits per heavy atom. The summed E-state index contributed by atoms with van der Waals surface area (Å²) in [5, 5.41) is 14.1. The second-order valence-corrected chi connectivity index (χ2v) is 4.24. The van der Waals surface area contributed by atoms with Crippen LogP contribution in [-0.2, 0) is 4.79 Å². The molecule has 0 saturated heterocycles. The summed E-state index contributed by atoms with van der Waals surface area (Å²) in [6.07, 6.45) is -3.05. The summed E-state index contributed by atoms with van der Waals surface area (Å²) in [5.41, 5.74) is -1.02. The zero-order chi connectivity index (χ0) is 13.5. The van der Waals surface area contributed by atoms with Gasteiger partial charge in [-0.2, -0.15) is 13.2 Å². The Morgan fingerprint density at radius 2 is 1.88 bits per heavy atom. The van der Waals surface area contributed by atoms with Gasteiger partial charge in [-0.1, -0.05) is 13.3 Å². The van der Waals surface area contributed by atoms with Crippen LogP contribution >= 0.6 is 0 Å². The Hall–Kier alpha value is -0.820. The maximum atomic E-state index is 11.7. The van der Waals surface area contributed by atoms with E-state index in [2.05, 4.69) is 5.32 Å². The maximum absolute atomic E-state index is 11.7. The van der Waals surface area contributed by atoms with Crippen molar-refractivity contribution >= 4 is 5.91 Å². The first-order valence-electron chi connectivity index (χ1n) is 5.43. The van der Waals surface area contributed by atoms with Crippen molar-refractivity contribution in [1.29, 1.82) is 0 Å². The summed E-state index contributed by atoms with van der Waals surface area (Å²) in [6.45, 7) is 1.88. The summed E-state index contributed by atoms with van der Waals surface area (Å²) >= 11 is 0. The van der Waals surface area contributed by atoms with E-state index in [4.69, 9.17) is 0 Å². The predicted molar refractivity (Wildman–Crippen MR) is 57.5 cm³/mol. The second-order valence-electron chi connectivity index (χ2n) is 4.24. The fourth-order valence-electron chi connectivity index (χ4n) is 1.30. The number of alkyl halides is 3. The molecule has 0 bridgehead atoms. The predicted octanol–water partition coefficient (Wildman–Crippen LogP) is 0.806. The molecule has 4 nitrogen and oxygen atoms in total. The Morgan fingerprint density at radius 1 is 1.29 bits per heavy atom. The second kappa shape index (κ2) is 6.80. The number of carbonyl (C=O) groups is 1. The van der Waals surface area contributed by atoms with Crippen molar-refractivity contribution in [1.82, 2.24) is 10.6 Å². The van der Waals surface area contributed by atoms with Crippen LogP contribution in [0.1, 0.15) is 26.7 Å². The highest BCUT2D eigenvalue weighted by Crippen LogP contribution is 2.12. The van der Waals surface area contributed by atoms with Gasteiger partial charge in [0.2, 0.25) is 5.91 Å². The van der Waals surface area contributed by atoms with Gasteiger partial charge in [-0.05, 0) is 13.3 Å². The van der Waals surface area contributed by atoms with Crippen molar-refractivity contribution in [2.75, 3.05) is 19.6 Å². The van der Waals surface area contributed by atoms with Gasteiger partial charge in [0, 0.05) is 6.54 Å². The first-order chi connectivity index (χ1) is 7.66. The molecule has 0 aromatic heterocycles. The number of rotatable bonds is 7. The zero-order valence-corrected chi connectivity index (χ0v) is 10.0. The van der Waals surface area contributed by atoms with E-state index in [1.807, 2.05) is 12.2 Å². The van der Waals surface area contributed by atoms with Crippen LogP contribution < -0.4 is 10.6 Å². The molecule has 0 fully saturated rings. The molecule has 7 heteroatoms. The average Bonchev–Trinajstić information content (AvgIpc) is 2.13. The third kappa shape index (κ3) is 10.1. The minimum Gasteiger partial charge on any atom is -0.388 e. The number of nitrogens with one attached hydrogen (secondary N) is 2. The van der Waals surface area contributed by atoms with Crippen LogP contribution in [0.15, 0.2) is 0 Å². The lowest BCUT2D eigenvalue weighted by Gasteiger charge is -2.23. The van der Waals surface area contributed by atoms with Gasteiger partial charge >= 0.3 is 6.18 Å². The molecule has 0 aliphatic carbocycles. The number of hydrogen-bond donors (Lipinski definition) is 3. The molecular weight excluding hydrogens is 237 g/mol. The van der Waals surface area contributed by atoms with Crippen LogP contribution in [-0.4, -0.2) is 42.4 Å². The lowest BCUT2D eigenvalue weighted by Crippen LogP contribution is -2.44. The maximum Gasteiger partial charge on any atom is 0.401 e. The van der Waals surface area contributed by atoms with Gasteiger partial charge in [0.1, 0.15) is 0 Å². The normalized spacial score (nSPS) is 15.4. The van der Waals surface area contributed by atoms with E-state index in [-0.39, 0.29) is 6.54 Å². The summed E-state index contributed by atoms with van der Waals surface area (Å²) in [4.78, 5) is 11.1. The molecule has 1 amide bonds. The highest BCUT2D eigenvalue weighted by Gasteiger charge is 2.26. The molecule has 0 heterocycles. The van der Waals surface area contributed by atoms with E-state index in [1.165, 1.54) is 0 Å². The first kappa shape index (κ1) is 16.2. The SMILES string of the molecule is CCCC(C)(O)CNC(=O)CNCC(F)(F)F. The monoisotopic (exact) mass is 256 g/mol. The van der Waals surface area contributed by atoms with Gasteiger partial charge in [-0.25, -0.2) is 0 Å². The van der Waals surface area contributed by atoms with E-state index in [1.54, 1.807) is 6.92 Å². The Labute approximate surface area is 98.6 Å². The number of amides is 1. The molecule has 17 heavy (non-hydrogen) atoms. The van der Waals surface area contributed by atoms with Crippen LogP contribution in [0, 0.1) is 0 Å². The number of aliphatic hydroxyl groups is 1. The van der Waals surface area contributed by atoms with Crippen molar-refractivity contribution in [2.24, 2.45) is 0 Å². The van der Waals surface area contributed by atoms with Gasteiger partial charge in [-0.15, -0.1) is 0 Å². The summed E-state index contributed by atoms with van der Waals surface area (Å²) in [7, 11) is 0. The molecule has 1 atom stereocenters. The minimum absolute atomic E-state index is 0.0351. The fourth-order valence-corrected chi connectivity index (χ4v) is 1.30. The van der Waals surface area contributed by atoms with Crippen molar-refractivity contribution < 1.29 is 23.1 Å². The molecule has 1 unspecified atom stereocenters. The lowest BCUT2D eigenvalue weighted by molar-refractivity contribution is -0.129. The Bertz CT molecular complexity index is 242. The molecule has 3 N–H and O–H groups in total. The van der Waals surface area contributed by atoms with Crippen LogP contribution in [0.5, 0.6) is 0 Å². The van der Waals surface area contributed by atoms with E-state index in [0.717, 1.165) is 6.42 Å². The smallest absolute Gasteiger partial charge is 0.388 e. The Balaban J connectivity index is 3.73. The van der Waals surface area contributed by atoms with Gasteiger partial charge < -0.3 is 15.7 Å². The molecule has 0 rings (SSSR count). The number of carbonyl (C=O) groups excluding carboxylic acids is 1. The van der Waals surface area contributed by atoms with Gasteiger partial charge in [0.15, 0.2) is 0 Å². The standard InChI is InChI=1S/C10H19F3N2O2/c1-3-4-9(2,17)6-15-8(16)5-14-7-10(11,12)13/h14,17H,3-7H2,1-2H3,(H,15,16). The third-order valence-electron chi connectivity index (χ3n) is 2.07. The van der Waals surface area contributed by atoms with Crippen LogP contribution in [0.4, 0.5) is 13.2 Å². The molecule has 0 aromatic rings. The fraction of sp³-hybridized carbons (Fsp3) is 0.900. The van der Waals surface area contributed by atoms with Gasteiger partial charge in [0.05, 0.1) is 18.7 Å². The number of hydrogen-bond acceptors (Lipinski definition) is 3. The van der Waals surface area contributed by atoms with E-state index in [9.17, 15) is 23.1 Å². The summed E-state index contributed by atoms with van der Waals surface area (Å²) in [6, 6.07) is 0. The molecule has 0 aromatic carbocycles. The molecule has 0 saturated carbocycles. The van der Waals surface area contributed by atoms with Crippen molar-refractivity contribution in [2.45, 2.75) is 38.5 Å². The van der Waals surface area contributed by atoms with Crippen molar-refractivity contribution in [3.05, 3.63) is 0 Å². The van der Waals surface area contributed by atoms with Crippen LogP contribution in [0.25, 0.3) is 0 Å². The highest BCUT2D eigenvalue weighted by atomic mass is 19.4. The topological polar surface area (TPSA) is 61.4 Å². The van der Waals surface area contributed by atoms with E-state index >= 15 is 0 Å². The van der Waals surface area contributed by atoms with Crippen LogP contribution in [0.2, 0.25) is 0 Å². The first-order valence-corrected chi connectivity index (χ1v) is 5.43. The lowest BCUT2D eigenvalue weighted by atomic mass is 10.0. The van der Waals surface area contributed by atoms with Crippen molar-refractivity contribution in [3.8, 4) is 0 Å². The third-order valence-corrected chi connectivity index (χ3v) is 2.07. The summed E-state index contributed by atoms with van der Waals surface area (Å²) in [5.74, 6) is -0.564. The molecule has 102 valence electrons. The van der Waals surface area contributed by atoms with Crippen molar-refractivity contribution in [3.63, 3.8) is 0 Å².